The molecule has 3 aromatic carbocycles. The van der Waals surface area contributed by atoms with Crippen LogP contribution in [0.1, 0.15) is 109 Å². The number of hydrogen-bond donors (Lipinski definition) is 4. The van der Waals surface area contributed by atoms with Crippen molar-refractivity contribution in [3.8, 4) is 5.75 Å². The Morgan fingerprint density at radius 1 is 0.812 bits per heavy atom. The molecule has 69 heavy (non-hydrogen) atoms. The molecule has 0 radical (unpaired) electrons. The Kier molecular flexibility index (Phi) is 17.2. The van der Waals surface area contributed by atoms with Gasteiger partial charge in [-0.05, 0) is 130 Å². The third-order valence-electron chi connectivity index (χ3n) is 12.7. The molecule has 0 bridgehead atoms. The van der Waals surface area contributed by atoms with Gasteiger partial charge in [0.15, 0.2) is 17.3 Å². The summed E-state index contributed by atoms with van der Waals surface area (Å²) in [5.74, 6) is -2.69. The molecule has 0 saturated heterocycles. The third-order valence-corrected chi connectivity index (χ3v) is 15.8. The van der Waals surface area contributed by atoms with Crippen LogP contribution in [0.4, 0.5) is 20.2 Å². The molecule has 1 aliphatic carbocycles. The van der Waals surface area contributed by atoms with Crippen molar-refractivity contribution in [1.82, 2.24) is 0 Å². The Labute approximate surface area is 407 Å². The van der Waals surface area contributed by atoms with E-state index in [9.17, 15) is 38.9 Å². The van der Waals surface area contributed by atoms with Crippen LogP contribution >= 0.6 is 12.0 Å². The van der Waals surface area contributed by atoms with Crippen LogP contribution in [0.5, 0.6) is 5.75 Å². The lowest BCUT2D eigenvalue weighted by atomic mass is 9.79. The van der Waals surface area contributed by atoms with Crippen LogP contribution in [-0.2, 0) is 50.6 Å². The van der Waals surface area contributed by atoms with Crippen LogP contribution in [-0.4, -0.2) is 85.7 Å². The predicted octanol–water partition coefficient (Wildman–Crippen LogP) is 10.3. The smallest absolute Gasteiger partial charge is 0.294 e. The van der Waals surface area contributed by atoms with Crippen molar-refractivity contribution >= 4 is 65.1 Å². The number of halogens is 2. The summed E-state index contributed by atoms with van der Waals surface area (Å²) in [5.41, 5.74) is 3.92. The van der Waals surface area contributed by atoms with Gasteiger partial charge in [-0.15, -0.1) is 4.33 Å². The molecule has 3 aliphatic rings. The summed E-state index contributed by atoms with van der Waals surface area (Å²) in [5, 5.41) is 12.6. The number of hydrogen-bond acceptors (Lipinski definition) is 12. The number of benzene rings is 3. The minimum atomic E-state index is -4.59. The molecule has 2 heterocycles. The first-order valence-corrected chi connectivity index (χ1v) is 28.0. The predicted molar refractivity (Wildman–Crippen MR) is 261 cm³/mol. The molecule has 0 amide bonds. The van der Waals surface area contributed by atoms with Crippen molar-refractivity contribution in [2.45, 2.75) is 113 Å². The molecular formula is C48H59F2N2O13S4+. The first-order chi connectivity index (χ1) is 32.4. The molecule has 21 heteroatoms. The fraction of sp³-hybridized carbons (Fsp3) is 0.438. The quantitative estimate of drug-likeness (QED) is 0.0184. The van der Waals surface area contributed by atoms with Crippen LogP contribution in [0.25, 0.3) is 5.57 Å². The van der Waals surface area contributed by atoms with E-state index >= 15 is 8.78 Å². The van der Waals surface area contributed by atoms with E-state index in [0.29, 0.717) is 83.6 Å². The van der Waals surface area contributed by atoms with Crippen LogP contribution < -0.4 is 9.64 Å². The monoisotopic (exact) mass is 1040 g/mol. The highest BCUT2D eigenvalue weighted by molar-refractivity contribution is 7.94. The van der Waals surface area contributed by atoms with Gasteiger partial charge >= 0.3 is 0 Å². The van der Waals surface area contributed by atoms with Crippen LogP contribution in [0.15, 0.2) is 99.5 Å². The molecule has 0 fully saturated rings. The van der Waals surface area contributed by atoms with Gasteiger partial charge in [0, 0.05) is 52.4 Å². The Bertz CT molecular complexity index is 2950. The maximum Gasteiger partial charge on any atom is 0.294 e. The molecule has 2 aliphatic heterocycles. The SMILES string of the molecule is CCCCOc1ccc(F)c(C2=C(C=CC3=[N+](CCCCS(=O)(=O)O)c4ccc(SOOO)cc4C3(C)C)CCCC2=CC=C2N(CCCCS(=O)(=O)O)c3ccc(S(=O)(=O)O)cc3C2(C)C)c1F. The maximum absolute atomic E-state index is 17.0. The Balaban J connectivity index is 1.53. The zero-order valence-corrected chi connectivity index (χ0v) is 42.3. The van der Waals surface area contributed by atoms with E-state index in [1.54, 1.807) is 18.2 Å². The minimum Gasteiger partial charge on any atom is -0.490 e. The molecule has 3 aromatic rings. The van der Waals surface area contributed by atoms with E-state index in [-0.39, 0.29) is 42.2 Å². The normalized spacial score (nSPS) is 18.3. The molecule has 0 unspecified atom stereocenters. The molecule has 6 rings (SSSR count). The minimum absolute atomic E-state index is 0.112. The lowest BCUT2D eigenvalue weighted by Crippen LogP contribution is -2.28. The number of anilines is 1. The topological polar surface area (TPSA) is 217 Å². The lowest BCUT2D eigenvalue weighted by Gasteiger charge is -2.28. The number of fused-ring (bicyclic) bond motifs is 2. The fourth-order valence-corrected chi connectivity index (χ4v) is 11.3. The van der Waals surface area contributed by atoms with Crippen molar-refractivity contribution in [2.75, 3.05) is 36.1 Å². The first-order valence-electron chi connectivity index (χ1n) is 22.6. The number of allylic oxidation sites excluding steroid dienone is 8. The second kappa shape index (κ2) is 22.0. The standard InChI is InChI=1S/C48H58F2N2O13S4/c1-6-7-27-63-41-22-19-38(49)45(46(41)50)44-32(15-23-42-47(2,3)36-30-34(66-65-64-53)17-20-39(36)51(42)25-8-10-28-67(54,55)56)13-12-14-33(44)16-24-43-48(4,5)37-31-35(69(60,61)62)18-21-40(37)52(43)26-9-11-29-68(57,58)59/h15-24,30-31H,6-14,25-29H2,1-5H3,(H3-,53,54,55,56,57,58,59,60,61,62)/p+1. The van der Waals surface area contributed by atoms with Crippen LogP contribution in [0.2, 0.25) is 0 Å². The third kappa shape index (κ3) is 12.8. The molecule has 4 N–H and O–H groups in total. The van der Waals surface area contributed by atoms with Gasteiger partial charge in [0.25, 0.3) is 30.4 Å². The van der Waals surface area contributed by atoms with Gasteiger partial charge in [-0.25, -0.2) is 14.0 Å². The van der Waals surface area contributed by atoms with Crippen LogP contribution in [0, 0.1) is 11.6 Å². The average molecular weight is 1040 g/mol. The Hall–Kier alpha value is -4.29. The summed E-state index contributed by atoms with van der Waals surface area (Å²) in [7, 11) is -13.0. The number of unbranched alkanes of at least 4 members (excludes halogenated alkanes) is 3. The fourth-order valence-electron chi connectivity index (χ4n) is 9.31. The first kappa shape index (κ1) is 54.1. The summed E-state index contributed by atoms with van der Waals surface area (Å²) in [6.45, 7) is 10.5. The average Bonchev–Trinajstić information content (AvgIpc) is 3.61. The van der Waals surface area contributed by atoms with Gasteiger partial charge in [0.05, 0.1) is 46.0 Å². The summed E-state index contributed by atoms with van der Waals surface area (Å²) < 4.78 is 146. The van der Waals surface area contributed by atoms with Crippen molar-refractivity contribution in [1.29, 1.82) is 0 Å². The summed E-state index contributed by atoms with van der Waals surface area (Å²) in [6.07, 6.45) is 11.2. The van der Waals surface area contributed by atoms with Crippen molar-refractivity contribution < 1.29 is 71.6 Å². The van der Waals surface area contributed by atoms with Crippen LogP contribution in [0.3, 0.4) is 0 Å². The van der Waals surface area contributed by atoms with Gasteiger partial charge < -0.3 is 9.64 Å². The molecule has 15 nitrogen and oxygen atoms in total. The van der Waals surface area contributed by atoms with Gasteiger partial charge in [-0.1, -0.05) is 44.4 Å². The van der Waals surface area contributed by atoms with E-state index in [1.165, 1.54) is 24.3 Å². The molecule has 0 atom stereocenters. The zero-order chi connectivity index (χ0) is 50.5. The second-order valence-corrected chi connectivity index (χ2v) is 23.6. The zero-order valence-electron chi connectivity index (χ0n) is 39.1. The van der Waals surface area contributed by atoms with Gasteiger partial charge in [-0.2, -0.15) is 29.8 Å². The van der Waals surface area contributed by atoms with E-state index in [2.05, 4.69) is 5.04 Å². The highest BCUT2D eigenvalue weighted by Crippen LogP contribution is 2.50. The molecule has 376 valence electrons. The Morgan fingerprint density at radius 3 is 2.19 bits per heavy atom. The summed E-state index contributed by atoms with van der Waals surface area (Å²) >= 11 is 0.795. The van der Waals surface area contributed by atoms with Crippen molar-refractivity contribution in [2.24, 2.45) is 0 Å². The van der Waals surface area contributed by atoms with Gasteiger partial charge in [-0.3, -0.25) is 13.7 Å². The highest BCUT2D eigenvalue weighted by Gasteiger charge is 2.45. The number of nitrogens with zero attached hydrogens (tertiary/aromatic N) is 2. The van der Waals surface area contributed by atoms with E-state index in [0.717, 1.165) is 35.4 Å². The molecular weight excluding hydrogens is 979 g/mol. The van der Waals surface area contributed by atoms with Crippen molar-refractivity contribution in [3.63, 3.8) is 0 Å². The second-order valence-electron chi connectivity index (χ2n) is 18.3. The summed E-state index contributed by atoms with van der Waals surface area (Å²) in [4.78, 5) is 2.22. The Morgan fingerprint density at radius 2 is 1.52 bits per heavy atom. The van der Waals surface area contributed by atoms with E-state index in [1.807, 2.05) is 74.5 Å². The summed E-state index contributed by atoms with van der Waals surface area (Å²) in [6, 6.07) is 12.2. The molecule has 0 saturated carbocycles. The van der Waals surface area contributed by atoms with E-state index < -0.39 is 64.3 Å². The number of ether oxygens (including phenoxy) is 1. The van der Waals surface area contributed by atoms with Gasteiger partial charge in [0.1, 0.15) is 12.4 Å². The maximum atomic E-state index is 17.0. The molecule has 0 spiro atoms. The van der Waals surface area contributed by atoms with Crippen molar-refractivity contribution in [3.05, 3.63) is 118 Å². The van der Waals surface area contributed by atoms with E-state index in [4.69, 9.17) is 14.3 Å². The largest absolute Gasteiger partial charge is 0.490 e. The molecule has 0 aromatic heterocycles. The lowest BCUT2D eigenvalue weighted by molar-refractivity contribution is -0.438. The van der Waals surface area contributed by atoms with Gasteiger partial charge in [0.2, 0.25) is 5.69 Å². The highest BCUT2D eigenvalue weighted by atomic mass is 32.2. The number of rotatable bonds is 22.